The summed E-state index contributed by atoms with van der Waals surface area (Å²) in [7, 11) is 0. The van der Waals surface area contributed by atoms with Gasteiger partial charge in [-0.15, -0.1) is 0 Å². The van der Waals surface area contributed by atoms with Crippen LogP contribution in [0.5, 0.6) is 0 Å². The van der Waals surface area contributed by atoms with Crippen LogP contribution in [0, 0.1) is 0 Å². The predicted molar refractivity (Wildman–Crippen MR) is 128 cm³/mol. The first-order valence-corrected chi connectivity index (χ1v) is 10.6. The maximum Gasteiger partial charge on any atom is 0.157 e. The first kappa shape index (κ1) is 19.9. The van der Waals surface area contributed by atoms with Gasteiger partial charge in [0.25, 0.3) is 0 Å². The third-order valence-corrected chi connectivity index (χ3v) is 5.67. The molecule has 5 rings (SSSR count). The van der Waals surface area contributed by atoms with E-state index in [1.807, 2.05) is 103 Å². The molecule has 0 radical (unpaired) electrons. The van der Waals surface area contributed by atoms with Crippen LogP contribution in [0.15, 0.2) is 139 Å². The summed E-state index contributed by atoms with van der Waals surface area (Å²) < 4.78 is 0. The highest BCUT2D eigenvalue weighted by Gasteiger charge is 2.37. The molecule has 3 nitrogen and oxygen atoms in total. The minimum absolute atomic E-state index is 0.586. The van der Waals surface area contributed by atoms with Crippen LogP contribution in [0.4, 0.5) is 0 Å². The van der Waals surface area contributed by atoms with Gasteiger partial charge in [0.1, 0.15) is 0 Å². The summed E-state index contributed by atoms with van der Waals surface area (Å²) in [5, 5.41) is 12.1. The van der Waals surface area contributed by atoms with Gasteiger partial charge in [-0.3, -0.25) is 9.97 Å². The third-order valence-electron chi connectivity index (χ3n) is 5.67. The molecular weight excluding hydrogens is 392 g/mol. The Kier molecular flexibility index (Phi) is 5.32. The number of aliphatic hydroxyl groups is 1. The minimum Gasteiger partial charge on any atom is -0.374 e. The van der Waals surface area contributed by atoms with Gasteiger partial charge in [0.2, 0.25) is 0 Å². The zero-order chi connectivity index (χ0) is 21.8. The zero-order valence-electron chi connectivity index (χ0n) is 17.5. The topological polar surface area (TPSA) is 46.0 Å². The summed E-state index contributed by atoms with van der Waals surface area (Å²) in [6.45, 7) is 0. The van der Waals surface area contributed by atoms with E-state index in [4.69, 9.17) is 0 Å². The highest BCUT2D eigenvalue weighted by molar-refractivity contribution is 5.85. The molecule has 1 unspecified atom stereocenters. The molecule has 2 heterocycles. The van der Waals surface area contributed by atoms with Crippen LogP contribution in [0.1, 0.15) is 22.5 Å². The molecular formula is C29H22N2O. The van der Waals surface area contributed by atoms with Crippen molar-refractivity contribution in [3.63, 3.8) is 0 Å². The van der Waals surface area contributed by atoms with E-state index in [0.29, 0.717) is 5.69 Å². The van der Waals surface area contributed by atoms with Crippen LogP contribution in [-0.2, 0) is 5.60 Å². The van der Waals surface area contributed by atoms with Crippen molar-refractivity contribution in [2.24, 2.45) is 0 Å². The molecule has 1 N–H and O–H groups in total. The van der Waals surface area contributed by atoms with E-state index in [1.54, 1.807) is 12.4 Å². The van der Waals surface area contributed by atoms with Crippen LogP contribution in [-0.4, -0.2) is 15.1 Å². The van der Waals surface area contributed by atoms with E-state index in [-0.39, 0.29) is 0 Å². The average molecular weight is 415 g/mol. The van der Waals surface area contributed by atoms with Crippen LogP contribution in [0.25, 0.3) is 5.57 Å². The van der Waals surface area contributed by atoms with E-state index in [2.05, 4.69) is 22.1 Å². The summed E-state index contributed by atoms with van der Waals surface area (Å²) in [6, 6.07) is 31.4. The molecule has 32 heavy (non-hydrogen) atoms. The van der Waals surface area contributed by atoms with Gasteiger partial charge in [-0.05, 0) is 52.6 Å². The Morgan fingerprint density at radius 1 is 0.656 bits per heavy atom. The Bertz CT molecular complexity index is 1210. The number of benzene rings is 2. The number of pyridine rings is 2. The van der Waals surface area contributed by atoms with Gasteiger partial charge >= 0.3 is 0 Å². The first-order chi connectivity index (χ1) is 15.8. The van der Waals surface area contributed by atoms with E-state index < -0.39 is 5.60 Å². The lowest BCUT2D eigenvalue weighted by Crippen LogP contribution is -2.30. The average Bonchev–Trinajstić information content (AvgIpc) is 3.36. The van der Waals surface area contributed by atoms with E-state index in [9.17, 15) is 5.11 Å². The summed E-state index contributed by atoms with van der Waals surface area (Å²) in [4.78, 5) is 9.11. The van der Waals surface area contributed by atoms with Crippen molar-refractivity contribution in [2.75, 3.05) is 0 Å². The smallest absolute Gasteiger partial charge is 0.157 e. The van der Waals surface area contributed by atoms with Gasteiger partial charge < -0.3 is 5.11 Å². The Morgan fingerprint density at radius 2 is 1.31 bits per heavy atom. The van der Waals surface area contributed by atoms with Crippen LogP contribution < -0.4 is 0 Å². The third kappa shape index (κ3) is 3.59. The maximum atomic E-state index is 12.1. The minimum atomic E-state index is -1.37. The fraction of sp³-hybridized carbons (Fsp3) is 0.0345. The van der Waals surface area contributed by atoms with Crippen molar-refractivity contribution in [3.8, 4) is 0 Å². The molecule has 0 spiro atoms. The summed E-state index contributed by atoms with van der Waals surface area (Å²) in [6.07, 6.45) is 9.57. The summed E-state index contributed by atoms with van der Waals surface area (Å²) >= 11 is 0. The molecule has 2 aromatic heterocycles. The molecule has 1 atom stereocenters. The molecule has 0 amide bonds. The molecule has 0 bridgehead atoms. The fourth-order valence-electron chi connectivity index (χ4n) is 4.12. The van der Waals surface area contributed by atoms with Gasteiger partial charge in [0, 0.05) is 18.0 Å². The van der Waals surface area contributed by atoms with Crippen LogP contribution in [0.3, 0.4) is 0 Å². The molecule has 0 saturated carbocycles. The molecule has 0 aliphatic heterocycles. The highest BCUT2D eigenvalue weighted by atomic mass is 16.3. The normalized spacial score (nSPS) is 16.3. The number of aromatic nitrogens is 2. The van der Waals surface area contributed by atoms with Crippen LogP contribution >= 0.6 is 0 Å². The van der Waals surface area contributed by atoms with Crippen molar-refractivity contribution in [1.82, 2.24) is 9.97 Å². The number of allylic oxidation sites excluding steroid dienone is 3. The monoisotopic (exact) mass is 414 g/mol. The highest BCUT2D eigenvalue weighted by Crippen LogP contribution is 2.41. The van der Waals surface area contributed by atoms with E-state index >= 15 is 0 Å². The second-order valence-corrected chi connectivity index (χ2v) is 7.64. The van der Waals surface area contributed by atoms with Gasteiger partial charge in [-0.1, -0.05) is 84.9 Å². The van der Waals surface area contributed by atoms with Crippen molar-refractivity contribution in [3.05, 3.63) is 161 Å². The SMILES string of the molecule is OC(C1=C/C(=C(\c2ccccc2)c2ccccn2)C=C1)(c1ccccc1)c1ccccn1. The molecule has 3 heteroatoms. The van der Waals surface area contributed by atoms with Crippen LogP contribution in [0.2, 0.25) is 0 Å². The number of hydrogen-bond acceptors (Lipinski definition) is 3. The van der Waals surface area contributed by atoms with Crippen molar-refractivity contribution in [2.45, 2.75) is 5.60 Å². The molecule has 2 aromatic carbocycles. The Morgan fingerprint density at radius 3 is 1.97 bits per heavy atom. The van der Waals surface area contributed by atoms with Crippen molar-refractivity contribution >= 4 is 5.57 Å². The lowest BCUT2D eigenvalue weighted by molar-refractivity contribution is 0.120. The summed E-state index contributed by atoms with van der Waals surface area (Å²) in [5.74, 6) is 0. The van der Waals surface area contributed by atoms with Gasteiger partial charge in [-0.25, -0.2) is 0 Å². The molecule has 0 saturated heterocycles. The fourth-order valence-corrected chi connectivity index (χ4v) is 4.12. The quantitative estimate of drug-likeness (QED) is 0.455. The second-order valence-electron chi connectivity index (χ2n) is 7.64. The van der Waals surface area contributed by atoms with Gasteiger partial charge in [0.05, 0.1) is 11.4 Å². The lowest BCUT2D eigenvalue weighted by atomic mass is 9.83. The summed E-state index contributed by atoms with van der Waals surface area (Å²) in [5.41, 5.74) is 4.73. The Balaban J connectivity index is 1.71. The van der Waals surface area contributed by atoms with Crippen molar-refractivity contribution < 1.29 is 5.11 Å². The molecule has 1 aliphatic carbocycles. The van der Waals surface area contributed by atoms with Gasteiger partial charge in [0.15, 0.2) is 5.60 Å². The molecule has 4 aromatic rings. The lowest BCUT2D eigenvalue weighted by Gasteiger charge is -2.29. The Labute approximate surface area is 187 Å². The number of rotatable bonds is 5. The number of nitrogens with zero attached hydrogens (tertiary/aromatic N) is 2. The van der Waals surface area contributed by atoms with E-state index in [1.165, 1.54) is 0 Å². The van der Waals surface area contributed by atoms with Gasteiger partial charge in [-0.2, -0.15) is 0 Å². The largest absolute Gasteiger partial charge is 0.374 e. The first-order valence-electron chi connectivity index (χ1n) is 10.6. The molecule has 0 fully saturated rings. The molecule has 154 valence electrons. The van der Waals surface area contributed by atoms with E-state index in [0.717, 1.165) is 33.5 Å². The second kappa shape index (κ2) is 8.58. The molecule has 1 aliphatic rings. The number of hydrogen-bond donors (Lipinski definition) is 1. The zero-order valence-corrected chi connectivity index (χ0v) is 17.5. The maximum absolute atomic E-state index is 12.1. The standard InChI is InChI=1S/C29H22N2O/c32-29(24-13-5-2-6-14-24,27-16-8-10-20-31-27)25-18-17-23(21-25)28(22-11-3-1-4-12-22)26-15-7-9-19-30-26/h1-21,32H/b28-23+. The van der Waals surface area contributed by atoms with Crippen molar-refractivity contribution in [1.29, 1.82) is 0 Å². The predicted octanol–water partition coefficient (Wildman–Crippen LogP) is 5.71. The Hall–Kier alpha value is -4.08.